The first-order valence-electron chi connectivity index (χ1n) is 4.54. The van der Waals surface area contributed by atoms with Crippen LogP contribution in [0.1, 0.15) is 5.56 Å². The quantitative estimate of drug-likeness (QED) is 0.581. The van der Waals surface area contributed by atoms with E-state index in [1.165, 1.54) is 10.9 Å². The molecule has 3 rings (SSSR count). The van der Waals surface area contributed by atoms with Crippen LogP contribution in [0.15, 0.2) is 30.5 Å². The summed E-state index contributed by atoms with van der Waals surface area (Å²) in [5, 5.41) is 9.07. The third-order valence-corrected chi connectivity index (χ3v) is 2.45. The van der Waals surface area contributed by atoms with Gasteiger partial charge in [0.2, 0.25) is 0 Å². The Kier molecular flexibility index (Phi) is 1.36. The molecule has 0 bridgehead atoms. The van der Waals surface area contributed by atoms with E-state index in [4.69, 9.17) is 0 Å². The molecule has 0 unspecified atom stereocenters. The second-order valence-electron chi connectivity index (χ2n) is 3.44. The Morgan fingerprint density at radius 3 is 3.07 bits per heavy atom. The molecule has 3 heteroatoms. The van der Waals surface area contributed by atoms with Gasteiger partial charge in [0, 0.05) is 10.8 Å². The second-order valence-corrected chi connectivity index (χ2v) is 3.44. The Labute approximate surface area is 80.8 Å². The zero-order valence-corrected chi connectivity index (χ0v) is 7.78. The number of aromatic amines is 1. The van der Waals surface area contributed by atoms with Crippen LogP contribution in [0.3, 0.4) is 0 Å². The molecule has 2 aromatic heterocycles. The number of hydrogen-bond acceptors (Lipinski definition) is 2. The Morgan fingerprint density at radius 1 is 1.21 bits per heavy atom. The van der Waals surface area contributed by atoms with E-state index in [1.54, 1.807) is 6.20 Å². The summed E-state index contributed by atoms with van der Waals surface area (Å²) in [5.74, 6) is 0. The first-order chi connectivity index (χ1) is 6.84. The Balaban J connectivity index is 2.57. The largest absolute Gasteiger partial charge is 0.261 e. The molecule has 0 saturated heterocycles. The summed E-state index contributed by atoms with van der Waals surface area (Å²) in [6, 6.07) is 8.29. The maximum absolute atomic E-state index is 4.52. The minimum absolute atomic E-state index is 0.854. The summed E-state index contributed by atoms with van der Waals surface area (Å²) in [7, 11) is 0. The average Bonchev–Trinajstić information content (AvgIpc) is 2.62. The number of aryl methyl sites for hydroxylation is 1. The lowest BCUT2D eigenvalue weighted by Gasteiger charge is -1.99. The highest BCUT2D eigenvalue weighted by Gasteiger charge is 2.02. The fourth-order valence-corrected chi connectivity index (χ4v) is 1.71. The Hall–Kier alpha value is -1.90. The number of nitrogens with one attached hydrogen (secondary N) is 1. The van der Waals surface area contributed by atoms with E-state index in [0.29, 0.717) is 0 Å². The molecule has 3 aromatic rings. The van der Waals surface area contributed by atoms with E-state index in [-0.39, 0.29) is 0 Å². The van der Waals surface area contributed by atoms with Crippen molar-refractivity contribution in [3.8, 4) is 0 Å². The lowest BCUT2D eigenvalue weighted by atomic mass is 10.1. The van der Waals surface area contributed by atoms with Crippen LogP contribution in [0.25, 0.3) is 21.9 Å². The van der Waals surface area contributed by atoms with Crippen molar-refractivity contribution in [2.24, 2.45) is 0 Å². The van der Waals surface area contributed by atoms with Crippen molar-refractivity contribution in [2.75, 3.05) is 0 Å². The van der Waals surface area contributed by atoms with Gasteiger partial charge in [-0.05, 0) is 18.6 Å². The SMILES string of the molecule is Cc1cccc2cc3cn[nH]c3nc12. The van der Waals surface area contributed by atoms with E-state index < -0.39 is 0 Å². The minimum atomic E-state index is 0.854. The topological polar surface area (TPSA) is 41.6 Å². The second kappa shape index (κ2) is 2.54. The number of aromatic nitrogens is 3. The average molecular weight is 183 g/mol. The van der Waals surface area contributed by atoms with E-state index >= 15 is 0 Å². The van der Waals surface area contributed by atoms with E-state index in [2.05, 4.69) is 40.3 Å². The fourth-order valence-electron chi connectivity index (χ4n) is 1.71. The molecule has 0 saturated carbocycles. The minimum Gasteiger partial charge on any atom is -0.261 e. The molecule has 0 spiro atoms. The van der Waals surface area contributed by atoms with Crippen LogP contribution in [-0.4, -0.2) is 15.2 Å². The Bertz CT molecular complexity index is 610. The number of rotatable bonds is 0. The lowest BCUT2D eigenvalue weighted by Crippen LogP contribution is -1.84. The van der Waals surface area contributed by atoms with Crippen LogP contribution in [0, 0.1) is 6.92 Å². The van der Waals surface area contributed by atoms with Gasteiger partial charge in [-0.3, -0.25) is 5.10 Å². The molecule has 68 valence electrons. The van der Waals surface area contributed by atoms with Gasteiger partial charge in [0.05, 0.1) is 11.7 Å². The molecule has 3 nitrogen and oxygen atoms in total. The number of H-pyrrole nitrogens is 1. The molecule has 1 N–H and O–H groups in total. The predicted octanol–water partition coefficient (Wildman–Crippen LogP) is 2.42. The molecule has 0 atom stereocenters. The molecule has 1 aromatic carbocycles. The van der Waals surface area contributed by atoms with Crippen LogP contribution in [0.5, 0.6) is 0 Å². The van der Waals surface area contributed by atoms with Crippen molar-refractivity contribution in [1.29, 1.82) is 0 Å². The number of nitrogens with zero attached hydrogens (tertiary/aromatic N) is 2. The van der Waals surface area contributed by atoms with Gasteiger partial charge in [0.15, 0.2) is 5.65 Å². The molecule has 14 heavy (non-hydrogen) atoms. The molecule has 0 fully saturated rings. The first-order valence-corrected chi connectivity index (χ1v) is 4.54. The highest BCUT2D eigenvalue weighted by atomic mass is 15.1. The van der Waals surface area contributed by atoms with Gasteiger partial charge in [0.25, 0.3) is 0 Å². The molecule has 0 radical (unpaired) electrons. The molecule has 0 amide bonds. The number of para-hydroxylation sites is 1. The molecule has 0 aliphatic heterocycles. The van der Waals surface area contributed by atoms with Crippen LogP contribution in [0.4, 0.5) is 0 Å². The standard InChI is InChI=1S/C11H9N3/c1-7-3-2-4-8-5-9-6-12-14-11(9)13-10(7)8/h2-6H,1H3,(H,12,13,14). The van der Waals surface area contributed by atoms with Crippen LogP contribution < -0.4 is 0 Å². The summed E-state index contributed by atoms with van der Waals surface area (Å²) < 4.78 is 0. The third-order valence-electron chi connectivity index (χ3n) is 2.45. The maximum atomic E-state index is 4.52. The molecule has 2 heterocycles. The summed E-state index contributed by atoms with van der Waals surface area (Å²) in [6.07, 6.45) is 1.80. The van der Waals surface area contributed by atoms with E-state index in [1.807, 2.05) is 6.07 Å². The summed E-state index contributed by atoms with van der Waals surface area (Å²) in [4.78, 5) is 4.52. The zero-order valence-electron chi connectivity index (χ0n) is 7.78. The molecular weight excluding hydrogens is 174 g/mol. The fraction of sp³-hybridized carbons (Fsp3) is 0.0909. The smallest absolute Gasteiger partial charge is 0.155 e. The predicted molar refractivity (Wildman–Crippen MR) is 56.1 cm³/mol. The Morgan fingerprint density at radius 2 is 2.14 bits per heavy atom. The van der Waals surface area contributed by atoms with Crippen molar-refractivity contribution in [1.82, 2.24) is 15.2 Å². The van der Waals surface area contributed by atoms with Gasteiger partial charge in [-0.25, -0.2) is 4.98 Å². The van der Waals surface area contributed by atoms with E-state index in [9.17, 15) is 0 Å². The summed E-state index contributed by atoms with van der Waals surface area (Å²) in [5.41, 5.74) is 3.09. The van der Waals surface area contributed by atoms with Crippen molar-refractivity contribution in [2.45, 2.75) is 6.92 Å². The van der Waals surface area contributed by atoms with Gasteiger partial charge in [-0.1, -0.05) is 18.2 Å². The van der Waals surface area contributed by atoms with Crippen molar-refractivity contribution < 1.29 is 0 Å². The van der Waals surface area contributed by atoms with E-state index in [0.717, 1.165) is 16.6 Å². The number of benzene rings is 1. The maximum Gasteiger partial charge on any atom is 0.155 e. The number of hydrogen-bond donors (Lipinski definition) is 1. The zero-order chi connectivity index (χ0) is 9.54. The highest BCUT2D eigenvalue weighted by Crippen LogP contribution is 2.20. The molecular formula is C11H9N3. The van der Waals surface area contributed by atoms with Gasteiger partial charge in [0.1, 0.15) is 0 Å². The summed E-state index contributed by atoms with van der Waals surface area (Å²) in [6.45, 7) is 2.07. The van der Waals surface area contributed by atoms with Crippen molar-refractivity contribution in [3.05, 3.63) is 36.0 Å². The van der Waals surface area contributed by atoms with Gasteiger partial charge < -0.3 is 0 Å². The van der Waals surface area contributed by atoms with Crippen LogP contribution in [0.2, 0.25) is 0 Å². The van der Waals surface area contributed by atoms with Crippen molar-refractivity contribution in [3.63, 3.8) is 0 Å². The number of pyridine rings is 1. The van der Waals surface area contributed by atoms with Crippen LogP contribution in [-0.2, 0) is 0 Å². The highest BCUT2D eigenvalue weighted by molar-refractivity contribution is 5.92. The van der Waals surface area contributed by atoms with Gasteiger partial charge in [-0.2, -0.15) is 5.10 Å². The van der Waals surface area contributed by atoms with Crippen molar-refractivity contribution >= 4 is 21.9 Å². The normalized spacial score (nSPS) is 11.2. The molecule has 0 aliphatic carbocycles. The van der Waals surface area contributed by atoms with Gasteiger partial charge in [-0.15, -0.1) is 0 Å². The third kappa shape index (κ3) is 0.923. The number of fused-ring (bicyclic) bond motifs is 2. The monoisotopic (exact) mass is 183 g/mol. The summed E-state index contributed by atoms with van der Waals surface area (Å²) >= 11 is 0. The molecule has 0 aliphatic rings. The van der Waals surface area contributed by atoms with Gasteiger partial charge >= 0.3 is 0 Å². The first kappa shape index (κ1) is 7.50. The lowest BCUT2D eigenvalue weighted by molar-refractivity contribution is 1.10. The van der Waals surface area contributed by atoms with Crippen LogP contribution >= 0.6 is 0 Å².